The lowest BCUT2D eigenvalue weighted by atomic mass is 9.44. The molecule has 0 radical (unpaired) electrons. The summed E-state index contributed by atoms with van der Waals surface area (Å²) < 4.78 is 33.0. The molecular weight excluding hydrogens is 488 g/mol. The first-order chi connectivity index (χ1) is 16.9. The average Bonchev–Trinajstić information content (AvgIpc) is 3.32. The Balaban J connectivity index is 1.43. The number of nitrogens with zero attached hydrogens (tertiary/aromatic N) is 1. The van der Waals surface area contributed by atoms with Crippen LogP contribution in [0.5, 0.6) is 0 Å². The van der Waals surface area contributed by atoms with Gasteiger partial charge in [-0.1, -0.05) is 24.6 Å². The molecule has 1 heterocycles. The molecule has 4 aliphatic carbocycles. The number of aliphatic hydroxyl groups excluding tert-OH is 1. The third-order valence-corrected chi connectivity index (χ3v) is 10.5. The van der Waals surface area contributed by atoms with Crippen molar-refractivity contribution in [1.29, 1.82) is 0 Å². The molecule has 1 aromatic rings. The molecule has 0 amide bonds. The molecule has 1 aromatic carbocycles. The van der Waals surface area contributed by atoms with Gasteiger partial charge in [-0.05, 0) is 81.0 Å². The van der Waals surface area contributed by atoms with Crippen molar-refractivity contribution in [3.8, 4) is 0 Å². The number of hydrogen-bond acceptors (Lipinski definition) is 5. The lowest BCUT2D eigenvalue weighted by Gasteiger charge is -2.63. The Morgan fingerprint density at radius 3 is 2.56 bits per heavy atom. The van der Waals surface area contributed by atoms with E-state index in [4.69, 9.17) is 16.4 Å². The number of ketones is 2. The van der Waals surface area contributed by atoms with E-state index < -0.39 is 40.3 Å². The van der Waals surface area contributed by atoms with E-state index in [1.165, 1.54) is 25.2 Å². The smallest absolute Gasteiger partial charge is 0.178 e. The van der Waals surface area contributed by atoms with Gasteiger partial charge in [0, 0.05) is 27.7 Å². The van der Waals surface area contributed by atoms with Crippen LogP contribution >= 0.6 is 11.6 Å². The van der Waals surface area contributed by atoms with Gasteiger partial charge in [0.25, 0.3) is 0 Å². The van der Waals surface area contributed by atoms with Crippen molar-refractivity contribution in [2.24, 2.45) is 28.6 Å². The number of Topliss-reactive ketones (excluding diaryl/α,β-unsaturated/α-hetero) is 1. The molecule has 0 bridgehead atoms. The second kappa shape index (κ2) is 7.49. The minimum atomic E-state index is -2.17. The van der Waals surface area contributed by atoms with E-state index in [1.54, 1.807) is 24.1 Å². The van der Waals surface area contributed by atoms with Crippen molar-refractivity contribution < 1.29 is 28.3 Å². The zero-order valence-corrected chi connectivity index (χ0v) is 21.3. The van der Waals surface area contributed by atoms with Crippen LogP contribution in [0.15, 0.2) is 48.1 Å². The highest BCUT2D eigenvalue weighted by Crippen LogP contribution is 2.72. The van der Waals surface area contributed by atoms with Gasteiger partial charge >= 0.3 is 0 Å². The molecule has 1 saturated heterocycles. The number of halogens is 3. The zero-order valence-electron chi connectivity index (χ0n) is 20.5. The first-order valence-electron chi connectivity index (χ1n) is 12.6. The number of rotatable bonds is 2. The number of fused-ring (bicyclic) bond motifs is 7. The number of alkyl halides is 2. The van der Waals surface area contributed by atoms with Gasteiger partial charge in [-0.25, -0.2) is 8.78 Å². The molecule has 5 nitrogen and oxygen atoms in total. The van der Waals surface area contributed by atoms with Crippen LogP contribution in [0.1, 0.15) is 40.0 Å². The van der Waals surface area contributed by atoms with Crippen LogP contribution in [-0.4, -0.2) is 46.8 Å². The summed E-state index contributed by atoms with van der Waals surface area (Å²) in [4.78, 5) is 31.9. The summed E-state index contributed by atoms with van der Waals surface area (Å²) >= 11 is 6.04. The molecular formula is C28H30ClF2NO4. The molecule has 1 N–H and O–H groups in total. The molecule has 0 spiro atoms. The highest BCUT2D eigenvalue weighted by molar-refractivity contribution is 6.30. The molecule has 36 heavy (non-hydrogen) atoms. The molecule has 0 aromatic heterocycles. The van der Waals surface area contributed by atoms with Crippen molar-refractivity contribution in [2.45, 2.75) is 63.6 Å². The quantitative estimate of drug-likeness (QED) is 0.600. The summed E-state index contributed by atoms with van der Waals surface area (Å²) in [6.07, 6.45) is 1.26. The molecule has 9 unspecified atom stereocenters. The maximum atomic E-state index is 17.4. The SMILES string of the molecule is CC(=O)C12ON(c3ccc(Cl)cc3)CC1CC1C3CC(F)C4=CC(=O)C=CC4(C)C3(F)C(O)CC12C. The Hall–Kier alpha value is -2.09. The summed E-state index contributed by atoms with van der Waals surface area (Å²) in [5, 5.41) is 13.8. The molecule has 4 fully saturated rings. The largest absolute Gasteiger partial charge is 0.390 e. The van der Waals surface area contributed by atoms with Crippen molar-refractivity contribution >= 4 is 28.9 Å². The van der Waals surface area contributed by atoms with Crippen LogP contribution in [0, 0.1) is 28.6 Å². The summed E-state index contributed by atoms with van der Waals surface area (Å²) in [5.41, 5.74) is -4.93. The fourth-order valence-corrected chi connectivity index (χ4v) is 8.79. The normalized spacial score (nSPS) is 47.1. The van der Waals surface area contributed by atoms with Gasteiger partial charge in [0.2, 0.25) is 0 Å². The highest BCUT2D eigenvalue weighted by Gasteiger charge is 2.79. The van der Waals surface area contributed by atoms with Crippen LogP contribution in [-0.2, 0) is 14.4 Å². The maximum absolute atomic E-state index is 17.4. The van der Waals surface area contributed by atoms with Crippen LogP contribution in [0.2, 0.25) is 5.02 Å². The lowest BCUT2D eigenvalue weighted by Crippen LogP contribution is -2.70. The van der Waals surface area contributed by atoms with E-state index in [0.717, 1.165) is 5.69 Å². The topological polar surface area (TPSA) is 66.8 Å². The second-order valence-corrected chi connectivity index (χ2v) is 12.1. The highest BCUT2D eigenvalue weighted by atomic mass is 35.5. The van der Waals surface area contributed by atoms with Crippen molar-refractivity contribution in [2.75, 3.05) is 11.6 Å². The molecule has 8 heteroatoms. The molecule has 9 atom stereocenters. The Bertz CT molecular complexity index is 1220. The molecule has 5 aliphatic rings. The predicted molar refractivity (Wildman–Crippen MR) is 131 cm³/mol. The molecule has 192 valence electrons. The standard InChI is InChI=1S/C28H30ClF2NO4/c1-15(33)28-16(14-32(36-28)18-6-4-17(29)5-7-18)10-20-21-12-23(30)22-11-19(34)8-9-25(22,2)27(21,31)24(35)13-26(20,28)3/h4-9,11,16,20-21,23-24,35H,10,12-14H2,1-3H3. The number of hydrogen-bond donors (Lipinski definition) is 1. The first-order valence-corrected chi connectivity index (χ1v) is 13.0. The molecule has 3 saturated carbocycles. The second-order valence-electron chi connectivity index (χ2n) is 11.7. The minimum absolute atomic E-state index is 0.00316. The van der Waals surface area contributed by atoms with E-state index >= 15 is 8.78 Å². The van der Waals surface area contributed by atoms with Gasteiger partial charge in [-0.15, -0.1) is 0 Å². The van der Waals surface area contributed by atoms with Gasteiger partial charge in [0.1, 0.15) is 6.17 Å². The molecule has 6 rings (SSSR count). The predicted octanol–water partition coefficient (Wildman–Crippen LogP) is 4.96. The number of carbonyl (C=O) groups is 2. The van der Waals surface area contributed by atoms with Crippen molar-refractivity contribution in [3.05, 3.63) is 53.1 Å². The van der Waals surface area contributed by atoms with E-state index in [0.29, 0.717) is 18.0 Å². The third-order valence-electron chi connectivity index (χ3n) is 10.3. The van der Waals surface area contributed by atoms with Crippen LogP contribution < -0.4 is 5.06 Å². The lowest BCUT2D eigenvalue weighted by molar-refractivity contribution is -0.226. The number of hydroxylamine groups is 1. The summed E-state index contributed by atoms with van der Waals surface area (Å²) in [5.74, 6) is -2.01. The van der Waals surface area contributed by atoms with Crippen molar-refractivity contribution in [1.82, 2.24) is 0 Å². The van der Waals surface area contributed by atoms with Crippen LogP contribution in [0.25, 0.3) is 0 Å². The van der Waals surface area contributed by atoms with E-state index in [1.807, 2.05) is 19.1 Å². The number of anilines is 1. The zero-order chi connectivity index (χ0) is 25.8. The number of carbonyl (C=O) groups excluding carboxylic acids is 2. The number of benzene rings is 1. The Morgan fingerprint density at radius 2 is 1.89 bits per heavy atom. The minimum Gasteiger partial charge on any atom is -0.390 e. The number of aliphatic hydroxyl groups is 1. The third kappa shape index (κ3) is 2.72. The van der Waals surface area contributed by atoms with Crippen LogP contribution in [0.4, 0.5) is 14.5 Å². The van der Waals surface area contributed by atoms with E-state index in [2.05, 4.69) is 0 Å². The summed E-state index contributed by atoms with van der Waals surface area (Å²) in [6.45, 7) is 5.40. The Labute approximate surface area is 214 Å². The fourth-order valence-electron chi connectivity index (χ4n) is 8.67. The van der Waals surface area contributed by atoms with E-state index in [9.17, 15) is 14.7 Å². The monoisotopic (exact) mass is 517 g/mol. The molecule has 1 aliphatic heterocycles. The van der Waals surface area contributed by atoms with Crippen molar-refractivity contribution in [3.63, 3.8) is 0 Å². The average molecular weight is 518 g/mol. The van der Waals surface area contributed by atoms with Gasteiger partial charge in [0.15, 0.2) is 22.8 Å². The maximum Gasteiger partial charge on any atom is 0.178 e. The Morgan fingerprint density at radius 1 is 1.19 bits per heavy atom. The fraction of sp³-hybridized carbons (Fsp3) is 0.571. The van der Waals surface area contributed by atoms with Gasteiger partial charge in [0.05, 0.1) is 18.3 Å². The van der Waals surface area contributed by atoms with Crippen LogP contribution in [0.3, 0.4) is 0 Å². The van der Waals surface area contributed by atoms with Gasteiger partial charge in [-0.2, -0.15) is 0 Å². The first kappa shape index (κ1) is 24.3. The van der Waals surface area contributed by atoms with Gasteiger partial charge < -0.3 is 5.11 Å². The Kier molecular flexibility index (Phi) is 5.04. The van der Waals surface area contributed by atoms with Gasteiger partial charge in [-0.3, -0.25) is 19.5 Å². The summed E-state index contributed by atoms with van der Waals surface area (Å²) in [7, 11) is 0. The summed E-state index contributed by atoms with van der Waals surface area (Å²) in [6, 6.07) is 7.14. The number of allylic oxidation sites excluding steroid dienone is 4. The van der Waals surface area contributed by atoms with E-state index in [-0.39, 0.29) is 41.8 Å².